The summed E-state index contributed by atoms with van der Waals surface area (Å²) in [5.41, 5.74) is 0.665. The van der Waals surface area contributed by atoms with E-state index in [9.17, 15) is 19.2 Å². The number of likely N-dealkylation sites (tertiary alicyclic amines) is 1. The van der Waals surface area contributed by atoms with E-state index < -0.39 is 53.8 Å². The predicted molar refractivity (Wildman–Crippen MR) is 190 cm³/mol. The Morgan fingerprint density at radius 2 is 1.45 bits per heavy atom. The van der Waals surface area contributed by atoms with Gasteiger partial charge in [-0.3, -0.25) is 14.6 Å². The molecule has 0 aliphatic carbocycles. The zero-order chi connectivity index (χ0) is 36.8. The van der Waals surface area contributed by atoms with E-state index in [1.807, 2.05) is 81.4 Å². The van der Waals surface area contributed by atoms with Gasteiger partial charge in [0.25, 0.3) is 0 Å². The quantitative estimate of drug-likeness (QED) is 0.229. The summed E-state index contributed by atoms with van der Waals surface area (Å²) < 4.78 is 22.8. The third-order valence-electron chi connectivity index (χ3n) is 8.38. The minimum atomic E-state index is -1.15. The highest BCUT2D eigenvalue weighted by Gasteiger charge is 2.38. The Morgan fingerprint density at radius 3 is 2.12 bits per heavy atom. The second kappa shape index (κ2) is 16.1. The largest absolute Gasteiger partial charge is 0.444 e. The number of anilines is 1. The molecule has 2 fully saturated rings. The molecule has 0 unspecified atom stereocenters. The van der Waals surface area contributed by atoms with Crippen LogP contribution in [-0.4, -0.2) is 76.6 Å². The van der Waals surface area contributed by atoms with Gasteiger partial charge in [0.05, 0.1) is 17.4 Å². The molecule has 2 atom stereocenters. The van der Waals surface area contributed by atoms with Gasteiger partial charge in [-0.05, 0) is 78.9 Å². The fourth-order valence-corrected chi connectivity index (χ4v) is 5.92. The number of pyridine rings is 1. The molecular weight excluding hydrogens is 654 g/mol. The van der Waals surface area contributed by atoms with Crippen LogP contribution >= 0.6 is 0 Å². The SMILES string of the molecule is CC(C)(C)OC(=O)N[C@@H](CC1OC(c2ccccc2)O1)C(=O)N[C@@H](CC1CCN(C(=O)OC(C)(C)C)CC1)C(=O)Nc1cnc2ccccc2c1. The fraction of sp³-hybridized carbons (Fsp3) is 0.500. The van der Waals surface area contributed by atoms with E-state index in [0.29, 0.717) is 38.0 Å². The van der Waals surface area contributed by atoms with Crippen molar-refractivity contribution in [2.75, 3.05) is 18.4 Å². The van der Waals surface area contributed by atoms with Gasteiger partial charge in [-0.2, -0.15) is 0 Å². The molecular formula is C38H49N5O8. The molecule has 1 aromatic heterocycles. The molecule has 0 bridgehead atoms. The topological polar surface area (TPSA) is 157 Å². The molecule has 274 valence electrons. The molecule has 0 radical (unpaired) electrons. The van der Waals surface area contributed by atoms with Crippen LogP contribution in [0.2, 0.25) is 0 Å². The van der Waals surface area contributed by atoms with Crippen molar-refractivity contribution < 1.29 is 38.1 Å². The lowest BCUT2D eigenvalue weighted by Crippen LogP contribution is -2.55. The number of hydrogen-bond acceptors (Lipinski definition) is 9. The molecule has 3 aromatic rings. The third kappa shape index (κ3) is 11.1. The molecule has 51 heavy (non-hydrogen) atoms. The summed E-state index contributed by atoms with van der Waals surface area (Å²) in [5.74, 6) is -1.03. The molecule has 3 heterocycles. The molecule has 0 spiro atoms. The van der Waals surface area contributed by atoms with Crippen LogP contribution in [0.25, 0.3) is 10.9 Å². The van der Waals surface area contributed by atoms with Gasteiger partial charge in [0.1, 0.15) is 23.3 Å². The Kier molecular flexibility index (Phi) is 11.8. The zero-order valence-electron chi connectivity index (χ0n) is 30.1. The number of hydrogen-bond donors (Lipinski definition) is 3. The van der Waals surface area contributed by atoms with Crippen molar-refractivity contribution in [3.8, 4) is 0 Å². The number of fused-ring (bicyclic) bond motifs is 1. The highest BCUT2D eigenvalue weighted by molar-refractivity contribution is 5.99. The number of para-hydroxylation sites is 1. The van der Waals surface area contributed by atoms with Gasteiger partial charge in [-0.1, -0.05) is 48.5 Å². The number of alkyl carbamates (subject to hydrolysis) is 1. The molecule has 2 aromatic carbocycles. The summed E-state index contributed by atoms with van der Waals surface area (Å²) in [6.45, 7) is 11.6. The maximum atomic E-state index is 14.0. The van der Waals surface area contributed by atoms with Crippen LogP contribution in [0, 0.1) is 5.92 Å². The van der Waals surface area contributed by atoms with E-state index in [1.54, 1.807) is 31.9 Å². The lowest BCUT2D eigenvalue weighted by Gasteiger charge is -2.38. The predicted octanol–water partition coefficient (Wildman–Crippen LogP) is 6.05. The number of carbonyl (C=O) groups is 4. The first-order chi connectivity index (χ1) is 24.1. The summed E-state index contributed by atoms with van der Waals surface area (Å²) in [7, 11) is 0. The van der Waals surface area contributed by atoms with E-state index >= 15 is 0 Å². The number of carbonyl (C=O) groups excluding carboxylic acids is 4. The average molecular weight is 704 g/mol. The van der Waals surface area contributed by atoms with E-state index in [4.69, 9.17) is 18.9 Å². The smallest absolute Gasteiger partial charge is 0.410 e. The summed E-state index contributed by atoms with van der Waals surface area (Å²) in [6, 6.07) is 16.6. The Hall–Kier alpha value is -4.75. The number of nitrogens with zero attached hydrogens (tertiary/aromatic N) is 2. The maximum Gasteiger partial charge on any atom is 0.410 e. The molecule has 5 rings (SSSR count). The van der Waals surface area contributed by atoms with Crippen molar-refractivity contribution in [2.24, 2.45) is 5.92 Å². The highest BCUT2D eigenvalue weighted by atomic mass is 16.9. The molecule has 0 saturated carbocycles. The normalized spacial score (nSPS) is 19.3. The number of piperidine rings is 1. The second-order valence-corrected chi connectivity index (χ2v) is 15.0. The van der Waals surface area contributed by atoms with E-state index in [1.165, 1.54) is 0 Å². The van der Waals surface area contributed by atoms with E-state index in [-0.39, 0.29) is 18.4 Å². The minimum absolute atomic E-state index is 0.0108. The first kappa shape index (κ1) is 37.5. The Bertz CT molecular complexity index is 1670. The zero-order valence-corrected chi connectivity index (χ0v) is 30.1. The number of ether oxygens (including phenoxy) is 4. The van der Waals surface area contributed by atoms with E-state index in [2.05, 4.69) is 20.9 Å². The van der Waals surface area contributed by atoms with Crippen LogP contribution in [0.15, 0.2) is 66.9 Å². The van der Waals surface area contributed by atoms with Crippen LogP contribution < -0.4 is 16.0 Å². The molecule has 2 aliphatic rings. The van der Waals surface area contributed by atoms with Crippen molar-refractivity contribution >= 4 is 40.6 Å². The van der Waals surface area contributed by atoms with Crippen molar-refractivity contribution in [1.82, 2.24) is 20.5 Å². The number of nitrogens with one attached hydrogen (secondary N) is 3. The highest BCUT2D eigenvalue weighted by Crippen LogP contribution is 2.34. The fourth-order valence-electron chi connectivity index (χ4n) is 5.92. The van der Waals surface area contributed by atoms with Crippen molar-refractivity contribution in [3.05, 3.63) is 72.4 Å². The van der Waals surface area contributed by atoms with Gasteiger partial charge < -0.3 is 39.8 Å². The number of amides is 4. The molecule has 13 heteroatoms. The van der Waals surface area contributed by atoms with Crippen LogP contribution in [0.4, 0.5) is 15.3 Å². The second-order valence-electron chi connectivity index (χ2n) is 15.0. The Labute approximate surface area is 298 Å². The van der Waals surface area contributed by atoms with Crippen molar-refractivity contribution in [1.29, 1.82) is 0 Å². The van der Waals surface area contributed by atoms with Crippen molar-refractivity contribution in [2.45, 2.75) is 103 Å². The van der Waals surface area contributed by atoms with Crippen LogP contribution in [-0.2, 0) is 28.5 Å². The van der Waals surface area contributed by atoms with Gasteiger partial charge >= 0.3 is 12.2 Å². The van der Waals surface area contributed by atoms with Crippen LogP contribution in [0.1, 0.15) is 79.1 Å². The van der Waals surface area contributed by atoms with Crippen LogP contribution in [0.5, 0.6) is 0 Å². The number of aromatic nitrogens is 1. The molecule has 3 N–H and O–H groups in total. The monoisotopic (exact) mass is 703 g/mol. The van der Waals surface area contributed by atoms with Gasteiger partial charge in [0.2, 0.25) is 11.8 Å². The maximum absolute atomic E-state index is 14.0. The summed E-state index contributed by atoms with van der Waals surface area (Å²) >= 11 is 0. The van der Waals surface area contributed by atoms with Gasteiger partial charge in [0.15, 0.2) is 12.6 Å². The summed E-state index contributed by atoms with van der Waals surface area (Å²) in [6.07, 6.45) is 0.521. The average Bonchev–Trinajstić information content (AvgIpc) is 3.04. The van der Waals surface area contributed by atoms with Gasteiger partial charge in [-0.15, -0.1) is 0 Å². The Morgan fingerprint density at radius 1 is 0.824 bits per heavy atom. The lowest BCUT2D eigenvalue weighted by atomic mass is 9.89. The first-order valence-corrected chi connectivity index (χ1v) is 17.4. The van der Waals surface area contributed by atoms with Gasteiger partial charge in [0, 0.05) is 30.5 Å². The minimum Gasteiger partial charge on any atom is -0.444 e. The standard InChI is InChI=1S/C38H49N5O8/c1-37(2,3)50-35(46)42-30(22-31-48-34(49-31)25-12-8-7-9-13-25)33(45)41-29(20-24-16-18-43(19-17-24)36(47)51-38(4,5)6)32(44)40-27-21-26-14-10-11-15-28(26)39-23-27/h7-15,21,23-24,29-31,34H,16-20,22H2,1-6H3,(H,40,44)(H,41,45)(H,42,46)/t29-,30-,31?,34?/m0/s1. The molecule has 2 aliphatic heterocycles. The lowest BCUT2D eigenvalue weighted by molar-refractivity contribution is -0.392. The molecule has 13 nitrogen and oxygen atoms in total. The summed E-state index contributed by atoms with van der Waals surface area (Å²) in [4.78, 5) is 59.5. The number of benzene rings is 2. The third-order valence-corrected chi connectivity index (χ3v) is 8.38. The Balaban J connectivity index is 1.30. The van der Waals surface area contributed by atoms with Crippen molar-refractivity contribution in [3.63, 3.8) is 0 Å². The number of rotatable bonds is 10. The molecule has 2 saturated heterocycles. The first-order valence-electron chi connectivity index (χ1n) is 17.4. The van der Waals surface area contributed by atoms with E-state index in [0.717, 1.165) is 16.5 Å². The van der Waals surface area contributed by atoms with Crippen LogP contribution in [0.3, 0.4) is 0 Å². The van der Waals surface area contributed by atoms with Gasteiger partial charge in [-0.25, -0.2) is 9.59 Å². The summed E-state index contributed by atoms with van der Waals surface area (Å²) in [5, 5.41) is 9.31. The molecule has 4 amide bonds.